The van der Waals surface area contributed by atoms with Crippen LogP contribution in [0, 0.1) is 5.92 Å². The van der Waals surface area contributed by atoms with E-state index in [1.165, 1.54) is 22.3 Å². The number of rotatable bonds is 1. The molecule has 0 spiro atoms. The molecule has 2 aromatic carbocycles. The maximum absolute atomic E-state index is 12.1. The van der Waals surface area contributed by atoms with E-state index >= 15 is 0 Å². The predicted octanol–water partition coefficient (Wildman–Crippen LogP) is 4.27. The van der Waals surface area contributed by atoms with Gasteiger partial charge in [-0.05, 0) is 34.7 Å². The van der Waals surface area contributed by atoms with Gasteiger partial charge in [0.15, 0.2) is 0 Å². The van der Waals surface area contributed by atoms with Gasteiger partial charge in [-0.2, -0.15) is 0 Å². The fourth-order valence-corrected chi connectivity index (χ4v) is 3.70. The summed E-state index contributed by atoms with van der Waals surface area (Å²) >= 11 is 0. The van der Waals surface area contributed by atoms with E-state index in [4.69, 9.17) is 4.74 Å². The van der Waals surface area contributed by atoms with Crippen LogP contribution >= 0.6 is 0 Å². The molecule has 0 saturated carbocycles. The molecule has 0 bridgehead atoms. The SMILES string of the molecule is O=C1OC(c2ccc3c(c2)Cc2ccccc2-3)=C2C=CC=CC12. The smallest absolute Gasteiger partial charge is 0.322 e. The molecule has 1 aliphatic heterocycles. The van der Waals surface area contributed by atoms with Gasteiger partial charge < -0.3 is 4.74 Å². The van der Waals surface area contributed by atoms with Crippen LogP contribution in [0.5, 0.6) is 0 Å². The minimum Gasteiger partial charge on any atom is -0.425 e. The third-order valence-electron chi connectivity index (χ3n) is 4.80. The number of benzene rings is 2. The van der Waals surface area contributed by atoms with Gasteiger partial charge in [-0.1, -0.05) is 60.7 Å². The summed E-state index contributed by atoms with van der Waals surface area (Å²) in [6.45, 7) is 0. The molecule has 1 unspecified atom stereocenters. The first-order valence-electron chi connectivity index (χ1n) is 7.83. The van der Waals surface area contributed by atoms with E-state index < -0.39 is 0 Å². The molecular formula is C21H14O2. The molecule has 0 radical (unpaired) electrons. The summed E-state index contributed by atoms with van der Waals surface area (Å²) in [4.78, 5) is 12.1. The van der Waals surface area contributed by atoms with E-state index in [1.807, 2.05) is 24.3 Å². The fourth-order valence-electron chi connectivity index (χ4n) is 3.70. The second-order valence-corrected chi connectivity index (χ2v) is 6.13. The number of carbonyl (C=O) groups excluding carboxylic acids is 1. The zero-order chi connectivity index (χ0) is 15.4. The van der Waals surface area contributed by atoms with Crippen LogP contribution < -0.4 is 0 Å². The summed E-state index contributed by atoms with van der Waals surface area (Å²) in [7, 11) is 0. The Morgan fingerprint density at radius 3 is 2.78 bits per heavy atom. The molecule has 0 saturated heterocycles. The average molecular weight is 298 g/mol. The van der Waals surface area contributed by atoms with Gasteiger partial charge in [0, 0.05) is 11.1 Å². The number of esters is 1. The van der Waals surface area contributed by atoms with E-state index in [0.717, 1.165) is 17.6 Å². The van der Waals surface area contributed by atoms with Crippen LogP contribution in [0.1, 0.15) is 16.7 Å². The monoisotopic (exact) mass is 298 g/mol. The van der Waals surface area contributed by atoms with Crippen molar-refractivity contribution in [1.82, 2.24) is 0 Å². The molecule has 2 aliphatic carbocycles. The lowest BCUT2D eigenvalue weighted by Crippen LogP contribution is -2.08. The van der Waals surface area contributed by atoms with Gasteiger partial charge >= 0.3 is 5.97 Å². The first-order chi connectivity index (χ1) is 11.3. The van der Waals surface area contributed by atoms with Crippen molar-refractivity contribution in [2.24, 2.45) is 5.92 Å². The molecule has 2 nitrogen and oxygen atoms in total. The van der Waals surface area contributed by atoms with Gasteiger partial charge in [0.05, 0.1) is 0 Å². The van der Waals surface area contributed by atoms with Gasteiger partial charge in [-0.15, -0.1) is 0 Å². The minimum atomic E-state index is -0.250. The van der Waals surface area contributed by atoms with Gasteiger partial charge in [-0.3, -0.25) is 4.79 Å². The average Bonchev–Trinajstić information content (AvgIpc) is 3.13. The lowest BCUT2D eigenvalue weighted by molar-refractivity contribution is -0.136. The Morgan fingerprint density at radius 1 is 0.957 bits per heavy atom. The third-order valence-corrected chi connectivity index (χ3v) is 4.80. The van der Waals surface area contributed by atoms with E-state index in [9.17, 15) is 4.79 Å². The number of cyclic esters (lactones) is 1. The molecule has 5 rings (SSSR count). The summed E-state index contributed by atoms with van der Waals surface area (Å²) in [5.41, 5.74) is 7.21. The summed E-state index contributed by atoms with van der Waals surface area (Å²) < 4.78 is 5.57. The topological polar surface area (TPSA) is 26.3 Å². The maximum Gasteiger partial charge on any atom is 0.322 e. The van der Waals surface area contributed by atoms with Crippen LogP contribution in [0.25, 0.3) is 16.9 Å². The van der Waals surface area contributed by atoms with Crippen LogP contribution in [0.2, 0.25) is 0 Å². The van der Waals surface area contributed by atoms with E-state index in [2.05, 4.69) is 42.5 Å². The normalized spacial score (nSPS) is 20.3. The van der Waals surface area contributed by atoms with Crippen LogP contribution in [0.4, 0.5) is 0 Å². The largest absolute Gasteiger partial charge is 0.425 e. The number of hydrogen-bond acceptors (Lipinski definition) is 2. The standard InChI is InChI=1S/C21H14O2/c22-21-19-8-4-3-7-18(19)20(23-21)14-9-10-17-15(12-14)11-13-5-1-2-6-16(13)17/h1-10,12,19H,11H2. The molecular weight excluding hydrogens is 284 g/mol. The van der Waals surface area contributed by atoms with Crippen molar-refractivity contribution in [2.45, 2.75) is 6.42 Å². The highest BCUT2D eigenvalue weighted by molar-refractivity contribution is 5.94. The van der Waals surface area contributed by atoms with Gasteiger partial charge in [0.1, 0.15) is 11.7 Å². The summed E-state index contributed by atoms with van der Waals surface area (Å²) in [6.07, 6.45) is 8.67. The maximum atomic E-state index is 12.1. The Balaban J connectivity index is 1.62. The molecule has 2 heteroatoms. The number of carbonyl (C=O) groups is 1. The summed E-state index contributed by atoms with van der Waals surface area (Å²) in [5, 5.41) is 0. The van der Waals surface area contributed by atoms with Crippen molar-refractivity contribution in [3.63, 3.8) is 0 Å². The van der Waals surface area contributed by atoms with Crippen molar-refractivity contribution < 1.29 is 9.53 Å². The molecule has 0 aromatic heterocycles. The Labute approximate surface area is 134 Å². The van der Waals surface area contributed by atoms with Crippen LogP contribution in [-0.2, 0) is 16.0 Å². The van der Waals surface area contributed by atoms with Crippen molar-refractivity contribution >= 4 is 11.7 Å². The van der Waals surface area contributed by atoms with E-state index in [-0.39, 0.29) is 11.9 Å². The first kappa shape index (κ1) is 12.7. The Kier molecular flexibility index (Phi) is 2.51. The molecule has 23 heavy (non-hydrogen) atoms. The number of allylic oxidation sites excluding steroid dienone is 3. The molecule has 1 atom stereocenters. The molecule has 110 valence electrons. The Bertz CT molecular complexity index is 944. The fraction of sp³-hybridized carbons (Fsp3) is 0.0952. The van der Waals surface area contributed by atoms with Crippen LogP contribution in [-0.4, -0.2) is 5.97 Å². The highest BCUT2D eigenvalue weighted by atomic mass is 16.5. The van der Waals surface area contributed by atoms with E-state index in [0.29, 0.717) is 5.76 Å². The summed E-state index contributed by atoms with van der Waals surface area (Å²) in [6, 6.07) is 14.9. The zero-order valence-electron chi connectivity index (χ0n) is 12.5. The molecule has 0 fully saturated rings. The first-order valence-corrected chi connectivity index (χ1v) is 7.83. The third kappa shape index (κ3) is 1.78. The van der Waals surface area contributed by atoms with Gasteiger partial charge in [-0.25, -0.2) is 0 Å². The van der Waals surface area contributed by atoms with Crippen molar-refractivity contribution in [3.05, 3.63) is 89.0 Å². The summed E-state index contributed by atoms with van der Waals surface area (Å²) in [5.74, 6) is 0.277. The number of ether oxygens (including phenoxy) is 1. The number of fused-ring (bicyclic) bond motifs is 4. The van der Waals surface area contributed by atoms with Crippen molar-refractivity contribution in [2.75, 3.05) is 0 Å². The quantitative estimate of drug-likeness (QED) is 0.627. The molecule has 0 amide bonds. The highest BCUT2D eigenvalue weighted by Gasteiger charge is 2.34. The predicted molar refractivity (Wildman–Crippen MR) is 89.5 cm³/mol. The second kappa shape index (κ2) is 4.56. The Hall–Kier alpha value is -2.87. The highest BCUT2D eigenvalue weighted by Crippen LogP contribution is 2.41. The lowest BCUT2D eigenvalue weighted by Gasteiger charge is -2.08. The van der Waals surface area contributed by atoms with Crippen molar-refractivity contribution in [3.8, 4) is 11.1 Å². The Morgan fingerprint density at radius 2 is 1.83 bits per heavy atom. The second-order valence-electron chi connectivity index (χ2n) is 6.13. The molecule has 1 heterocycles. The lowest BCUT2D eigenvalue weighted by atomic mass is 9.93. The molecule has 3 aliphatic rings. The van der Waals surface area contributed by atoms with Gasteiger partial charge in [0.2, 0.25) is 0 Å². The zero-order valence-corrected chi connectivity index (χ0v) is 12.5. The van der Waals surface area contributed by atoms with Crippen molar-refractivity contribution in [1.29, 1.82) is 0 Å². The molecule has 2 aromatic rings. The minimum absolute atomic E-state index is 0.181. The van der Waals surface area contributed by atoms with Gasteiger partial charge in [0.25, 0.3) is 0 Å². The molecule has 0 N–H and O–H groups in total. The van der Waals surface area contributed by atoms with Crippen LogP contribution in [0.15, 0.2) is 72.3 Å². The van der Waals surface area contributed by atoms with Crippen LogP contribution in [0.3, 0.4) is 0 Å². The number of hydrogen-bond donors (Lipinski definition) is 0. The van der Waals surface area contributed by atoms with E-state index in [1.54, 1.807) is 0 Å².